The lowest BCUT2D eigenvalue weighted by molar-refractivity contribution is -0.121. The van der Waals surface area contributed by atoms with Gasteiger partial charge in [0, 0.05) is 18.8 Å². The molecule has 2 N–H and O–H groups in total. The molecule has 1 aliphatic rings. The molecule has 2 atom stereocenters. The summed E-state index contributed by atoms with van der Waals surface area (Å²) in [5.41, 5.74) is 2.32. The smallest absolute Gasteiger partial charge is 0.321 e. The average Bonchev–Trinajstić information content (AvgIpc) is 2.73. The Morgan fingerprint density at radius 3 is 2.74 bits per heavy atom. The Labute approximate surface area is 113 Å². The SMILES string of the molecule is CNC(=O)NC(=O)C(C)N1c2ccccc2CC1C. The van der Waals surface area contributed by atoms with Crippen molar-refractivity contribution in [1.82, 2.24) is 10.6 Å². The van der Waals surface area contributed by atoms with Crippen LogP contribution >= 0.6 is 0 Å². The van der Waals surface area contributed by atoms with Crippen molar-refractivity contribution in [1.29, 1.82) is 0 Å². The summed E-state index contributed by atoms with van der Waals surface area (Å²) in [7, 11) is 1.49. The zero-order valence-corrected chi connectivity index (χ0v) is 11.4. The van der Waals surface area contributed by atoms with Gasteiger partial charge in [-0.1, -0.05) is 18.2 Å². The molecular weight excluding hydrogens is 242 g/mol. The Morgan fingerprint density at radius 2 is 2.05 bits per heavy atom. The van der Waals surface area contributed by atoms with E-state index in [1.165, 1.54) is 12.6 Å². The highest BCUT2D eigenvalue weighted by molar-refractivity contribution is 5.98. The van der Waals surface area contributed by atoms with Crippen LogP contribution in [0.4, 0.5) is 10.5 Å². The highest BCUT2D eigenvalue weighted by Gasteiger charge is 2.32. The van der Waals surface area contributed by atoms with E-state index >= 15 is 0 Å². The normalized spacial score (nSPS) is 18.7. The molecule has 5 nitrogen and oxygen atoms in total. The topological polar surface area (TPSA) is 61.4 Å². The Hall–Kier alpha value is -2.04. The van der Waals surface area contributed by atoms with Crippen LogP contribution in [0.3, 0.4) is 0 Å². The number of rotatable bonds is 2. The lowest BCUT2D eigenvalue weighted by Crippen LogP contribution is -2.50. The van der Waals surface area contributed by atoms with Crippen LogP contribution in [0, 0.1) is 0 Å². The molecule has 5 heteroatoms. The van der Waals surface area contributed by atoms with Crippen molar-refractivity contribution in [2.45, 2.75) is 32.4 Å². The van der Waals surface area contributed by atoms with Crippen LogP contribution in [0.2, 0.25) is 0 Å². The molecule has 0 aliphatic carbocycles. The third kappa shape index (κ3) is 2.54. The fraction of sp³-hybridized carbons (Fsp3) is 0.429. The van der Waals surface area contributed by atoms with E-state index < -0.39 is 6.03 Å². The minimum atomic E-state index is -0.475. The van der Waals surface area contributed by atoms with E-state index in [1.54, 1.807) is 0 Å². The molecule has 1 aromatic carbocycles. The summed E-state index contributed by atoms with van der Waals surface area (Å²) in [6.45, 7) is 3.90. The zero-order chi connectivity index (χ0) is 14.0. The number of benzene rings is 1. The molecule has 1 aromatic rings. The molecule has 2 unspecified atom stereocenters. The number of nitrogens with one attached hydrogen (secondary N) is 2. The molecule has 3 amide bonds. The van der Waals surface area contributed by atoms with E-state index in [-0.39, 0.29) is 18.0 Å². The van der Waals surface area contributed by atoms with Gasteiger partial charge in [0.1, 0.15) is 6.04 Å². The van der Waals surface area contributed by atoms with E-state index in [4.69, 9.17) is 0 Å². The van der Waals surface area contributed by atoms with Crippen molar-refractivity contribution in [2.24, 2.45) is 0 Å². The van der Waals surface area contributed by atoms with Crippen molar-refractivity contribution < 1.29 is 9.59 Å². The summed E-state index contributed by atoms with van der Waals surface area (Å²) in [5, 5.41) is 4.71. The minimum Gasteiger partial charge on any atom is -0.357 e. The minimum absolute atomic E-state index is 0.253. The molecule has 0 radical (unpaired) electrons. The summed E-state index contributed by atoms with van der Waals surface area (Å²) in [6, 6.07) is 7.46. The van der Waals surface area contributed by atoms with Gasteiger partial charge in [-0.2, -0.15) is 0 Å². The molecule has 0 bridgehead atoms. The fourth-order valence-electron chi connectivity index (χ4n) is 2.58. The fourth-order valence-corrected chi connectivity index (χ4v) is 2.58. The molecule has 0 fully saturated rings. The van der Waals surface area contributed by atoms with Gasteiger partial charge in [0.15, 0.2) is 0 Å². The van der Waals surface area contributed by atoms with E-state index in [2.05, 4.69) is 28.5 Å². The van der Waals surface area contributed by atoms with Crippen LogP contribution < -0.4 is 15.5 Å². The number of hydrogen-bond donors (Lipinski definition) is 2. The van der Waals surface area contributed by atoms with E-state index in [1.807, 2.05) is 25.1 Å². The summed E-state index contributed by atoms with van der Waals surface area (Å²) in [4.78, 5) is 25.3. The van der Waals surface area contributed by atoms with Gasteiger partial charge in [0.2, 0.25) is 5.91 Å². The number of carbonyl (C=O) groups excluding carboxylic acids is 2. The first-order chi connectivity index (χ1) is 9.04. The van der Waals surface area contributed by atoms with Gasteiger partial charge < -0.3 is 10.2 Å². The Morgan fingerprint density at radius 1 is 1.37 bits per heavy atom. The molecule has 2 rings (SSSR count). The Kier molecular flexibility index (Phi) is 3.74. The molecule has 19 heavy (non-hydrogen) atoms. The lowest BCUT2D eigenvalue weighted by Gasteiger charge is -2.30. The van der Waals surface area contributed by atoms with Gasteiger partial charge in [0.05, 0.1) is 0 Å². The highest BCUT2D eigenvalue weighted by atomic mass is 16.2. The van der Waals surface area contributed by atoms with Crippen molar-refractivity contribution in [3.63, 3.8) is 0 Å². The third-order valence-corrected chi connectivity index (χ3v) is 3.52. The number of urea groups is 1. The molecular formula is C14H19N3O2. The van der Waals surface area contributed by atoms with Gasteiger partial charge in [-0.05, 0) is 31.9 Å². The van der Waals surface area contributed by atoms with Crippen LogP contribution in [0.5, 0.6) is 0 Å². The zero-order valence-electron chi connectivity index (χ0n) is 11.4. The number of imide groups is 1. The molecule has 1 aliphatic heterocycles. The molecule has 0 aromatic heterocycles. The first-order valence-corrected chi connectivity index (χ1v) is 6.43. The highest BCUT2D eigenvalue weighted by Crippen LogP contribution is 2.33. The number of para-hydroxylation sites is 1. The Bertz CT molecular complexity index is 501. The summed E-state index contributed by atoms with van der Waals surface area (Å²) >= 11 is 0. The lowest BCUT2D eigenvalue weighted by atomic mass is 10.1. The molecule has 0 spiro atoms. The first kappa shape index (κ1) is 13.4. The van der Waals surface area contributed by atoms with Crippen molar-refractivity contribution in [3.05, 3.63) is 29.8 Å². The van der Waals surface area contributed by atoms with Crippen LogP contribution in [-0.4, -0.2) is 31.1 Å². The number of amides is 3. The third-order valence-electron chi connectivity index (χ3n) is 3.52. The van der Waals surface area contributed by atoms with Gasteiger partial charge in [0.25, 0.3) is 0 Å². The van der Waals surface area contributed by atoms with Crippen LogP contribution in [-0.2, 0) is 11.2 Å². The van der Waals surface area contributed by atoms with E-state index in [0.717, 1.165) is 12.1 Å². The van der Waals surface area contributed by atoms with Crippen LogP contribution in [0.25, 0.3) is 0 Å². The predicted molar refractivity (Wildman–Crippen MR) is 74.1 cm³/mol. The maximum absolute atomic E-state index is 12.0. The van der Waals surface area contributed by atoms with E-state index in [0.29, 0.717) is 0 Å². The maximum Gasteiger partial charge on any atom is 0.321 e. The van der Waals surface area contributed by atoms with Crippen molar-refractivity contribution in [2.75, 3.05) is 11.9 Å². The second kappa shape index (κ2) is 5.30. The number of fused-ring (bicyclic) bond motifs is 1. The molecule has 0 saturated heterocycles. The number of nitrogens with zero attached hydrogens (tertiary/aromatic N) is 1. The predicted octanol–water partition coefficient (Wildman–Crippen LogP) is 1.28. The maximum atomic E-state index is 12.0. The number of hydrogen-bond acceptors (Lipinski definition) is 3. The molecule has 1 heterocycles. The van der Waals surface area contributed by atoms with Gasteiger partial charge in [-0.3, -0.25) is 10.1 Å². The van der Waals surface area contributed by atoms with Gasteiger partial charge in [-0.25, -0.2) is 4.79 Å². The van der Waals surface area contributed by atoms with Gasteiger partial charge in [-0.15, -0.1) is 0 Å². The van der Waals surface area contributed by atoms with Crippen LogP contribution in [0.1, 0.15) is 19.4 Å². The molecule has 0 saturated carbocycles. The monoisotopic (exact) mass is 261 g/mol. The average molecular weight is 261 g/mol. The summed E-state index contributed by atoms with van der Waals surface area (Å²) in [5.74, 6) is -0.289. The second-order valence-electron chi connectivity index (χ2n) is 4.83. The van der Waals surface area contributed by atoms with E-state index in [9.17, 15) is 9.59 Å². The quantitative estimate of drug-likeness (QED) is 0.843. The van der Waals surface area contributed by atoms with Gasteiger partial charge >= 0.3 is 6.03 Å². The number of anilines is 1. The Balaban J connectivity index is 2.17. The second-order valence-corrected chi connectivity index (χ2v) is 4.83. The first-order valence-electron chi connectivity index (χ1n) is 6.43. The standard InChI is InChI=1S/C14H19N3O2/c1-9-8-11-6-4-5-7-12(11)17(9)10(2)13(18)16-14(19)15-3/h4-7,9-10H,8H2,1-3H3,(H2,15,16,18,19). The molecule has 102 valence electrons. The summed E-state index contributed by atoms with van der Waals surface area (Å²) < 4.78 is 0. The van der Waals surface area contributed by atoms with Crippen molar-refractivity contribution in [3.8, 4) is 0 Å². The largest absolute Gasteiger partial charge is 0.357 e. The van der Waals surface area contributed by atoms with Crippen LogP contribution in [0.15, 0.2) is 24.3 Å². The summed E-state index contributed by atoms with van der Waals surface area (Å²) in [6.07, 6.45) is 0.924. The number of carbonyl (C=O) groups is 2. The van der Waals surface area contributed by atoms with Crippen molar-refractivity contribution >= 4 is 17.6 Å².